The summed E-state index contributed by atoms with van der Waals surface area (Å²) in [6.45, 7) is 0. The van der Waals surface area contributed by atoms with E-state index in [4.69, 9.17) is 11.6 Å². The number of halogens is 1. The Morgan fingerprint density at radius 3 is 2.61 bits per heavy atom. The standard InChI is InChI=1S/C21H14ClN5O/c1-26-12-14-11-16(8-9-17(14)24-26)27-21(28)19(13-4-6-15(22)7-5-13)20-18(25-27)3-2-10-23-20/h2-12H,1H3. The molecule has 0 saturated carbocycles. The lowest BCUT2D eigenvalue weighted by Gasteiger charge is -2.11. The molecule has 0 amide bonds. The number of rotatable bonds is 2. The molecule has 2 aromatic carbocycles. The largest absolute Gasteiger partial charge is 0.281 e. The zero-order valence-corrected chi connectivity index (χ0v) is 15.6. The van der Waals surface area contributed by atoms with E-state index in [0.29, 0.717) is 27.3 Å². The van der Waals surface area contributed by atoms with Gasteiger partial charge in [0.2, 0.25) is 0 Å². The van der Waals surface area contributed by atoms with Crippen molar-refractivity contribution in [3.05, 3.63) is 82.4 Å². The molecule has 3 aromatic heterocycles. The fourth-order valence-corrected chi connectivity index (χ4v) is 3.48. The maximum absolute atomic E-state index is 13.4. The van der Waals surface area contributed by atoms with Gasteiger partial charge in [-0.1, -0.05) is 23.7 Å². The molecule has 5 aromatic rings. The first-order chi connectivity index (χ1) is 13.6. The van der Waals surface area contributed by atoms with Crippen LogP contribution in [0.5, 0.6) is 0 Å². The first kappa shape index (κ1) is 16.6. The van der Waals surface area contributed by atoms with E-state index in [9.17, 15) is 4.79 Å². The number of fused-ring (bicyclic) bond motifs is 2. The van der Waals surface area contributed by atoms with Crippen LogP contribution in [0.2, 0.25) is 5.02 Å². The normalized spacial score (nSPS) is 11.4. The Morgan fingerprint density at radius 2 is 1.79 bits per heavy atom. The number of pyridine rings is 1. The second-order valence-corrected chi connectivity index (χ2v) is 6.95. The molecule has 0 aliphatic heterocycles. The van der Waals surface area contributed by atoms with E-state index in [0.717, 1.165) is 16.5 Å². The van der Waals surface area contributed by atoms with Crippen molar-refractivity contribution in [1.29, 1.82) is 0 Å². The minimum atomic E-state index is -0.239. The molecule has 5 rings (SSSR count). The number of aryl methyl sites for hydroxylation is 1. The van der Waals surface area contributed by atoms with Crippen LogP contribution in [0.4, 0.5) is 0 Å². The molecule has 0 aliphatic carbocycles. The van der Waals surface area contributed by atoms with Gasteiger partial charge in [0.15, 0.2) is 0 Å². The Kier molecular flexibility index (Phi) is 3.74. The number of hydrogen-bond donors (Lipinski definition) is 0. The van der Waals surface area contributed by atoms with E-state index < -0.39 is 0 Å². The molecule has 0 atom stereocenters. The molecule has 0 saturated heterocycles. The van der Waals surface area contributed by atoms with Gasteiger partial charge in [0.05, 0.1) is 16.8 Å². The third-order valence-corrected chi connectivity index (χ3v) is 4.87. The van der Waals surface area contributed by atoms with Gasteiger partial charge in [-0.3, -0.25) is 14.5 Å². The van der Waals surface area contributed by atoms with Crippen LogP contribution in [0, 0.1) is 0 Å². The van der Waals surface area contributed by atoms with E-state index in [1.165, 1.54) is 4.68 Å². The zero-order chi connectivity index (χ0) is 19.3. The van der Waals surface area contributed by atoms with Gasteiger partial charge in [-0.15, -0.1) is 0 Å². The fraction of sp³-hybridized carbons (Fsp3) is 0.0476. The number of hydrogen-bond acceptors (Lipinski definition) is 4. The summed E-state index contributed by atoms with van der Waals surface area (Å²) in [5.41, 5.74) is 3.74. The highest BCUT2D eigenvalue weighted by molar-refractivity contribution is 6.30. The molecule has 0 unspecified atom stereocenters. The first-order valence-corrected chi connectivity index (χ1v) is 9.06. The Labute approximate surface area is 164 Å². The first-order valence-electron chi connectivity index (χ1n) is 8.68. The molecular formula is C21H14ClN5O. The average Bonchev–Trinajstić information content (AvgIpc) is 3.08. The minimum Gasteiger partial charge on any atom is -0.275 e. The minimum absolute atomic E-state index is 0.239. The molecule has 0 aliphatic rings. The highest BCUT2D eigenvalue weighted by atomic mass is 35.5. The molecule has 0 fully saturated rings. The molecule has 0 N–H and O–H groups in total. The summed E-state index contributed by atoms with van der Waals surface area (Å²) in [4.78, 5) is 17.8. The number of nitrogens with zero attached hydrogens (tertiary/aromatic N) is 5. The van der Waals surface area contributed by atoms with Gasteiger partial charge in [-0.25, -0.2) is 0 Å². The van der Waals surface area contributed by atoms with Crippen LogP contribution in [-0.2, 0) is 7.05 Å². The predicted molar refractivity (Wildman–Crippen MR) is 110 cm³/mol. The van der Waals surface area contributed by atoms with Crippen molar-refractivity contribution >= 4 is 33.5 Å². The van der Waals surface area contributed by atoms with Gasteiger partial charge < -0.3 is 0 Å². The van der Waals surface area contributed by atoms with E-state index in [2.05, 4.69) is 15.2 Å². The summed E-state index contributed by atoms with van der Waals surface area (Å²) >= 11 is 6.02. The average molecular weight is 388 g/mol. The monoisotopic (exact) mass is 387 g/mol. The van der Waals surface area contributed by atoms with Gasteiger partial charge >= 0.3 is 0 Å². The van der Waals surface area contributed by atoms with E-state index in [1.54, 1.807) is 29.1 Å². The summed E-state index contributed by atoms with van der Waals surface area (Å²) in [6.07, 6.45) is 3.57. The van der Waals surface area contributed by atoms with Crippen molar-refractivity contribution in [2.75, 3.05) is 0 Å². The highest BCUT2D eigenvalue weighted by Crippen LogP contribution is 2.25. The Balaban J connectivity index is 1.83. The molecule has 0 bridgehead atoms. The van der Waals surface area contributed by atoms with Gasteiger partial charge in [0.25, 0.3) is 5.56 Å². The second-order valence-electron chi connectivity index (χ2n) is 6.52. The Bertz CT molecular complexity index is 1400. The quantitative estimate of drug-likeness (QED) is 0.459. The summed E-state index contributed by atoms with van der Waals surface area (Å²) in [7, 11) is 1.87. The van der Waals surface area contributed by atoms with Gasteiger partial charge in [-0.05, 0) is 48.0 Å². The smallest absolute Gasteiger partial charge is 0.275 e. The molecule has 28 heavy (non-hydrogen) atoms. The maximum atomic E-state index is 13.4. The van der Waals surface area contributed by atoms with Gasteiger partial charge in [0.1, 0.15) is 11.0 Å². The molecule has 0 spiro atoms. The third kappa shape index (κ3) is 2.66. The summed E-state index contributed by atoms with van der Waals surface area (Å²) in [5.74, 6) is 0. The topological polar surface area (TPSA) is 65.6 Å². The fourth-order valence-electron chi connectivity index (χ4n) is 3.35. The van der Waals surface area contributed by atoms with E-state index >= 15 is 0 Å². The van der Waals surface area contributed by atoms with Crippen molar-refractivity contribution in [2.24, 2.45) is 7.05 Å². The highest BCUT2D eigenvalue weighted by Gasteiger charge is 2.16. The Morgan fingerprint density at radius 1 is 0.964 bits per heavy atom. The Hall–Kier alpha value is -3.51. The lowest BCUT2D eigenvalue weighted by atomic mass is 10.1. The molecule has 3 heterocycles. The molecule has 6 nitrogen and oxygen atoms in total. The lowest BCUT2D eigenvalue weighted by molar-refractivity contribution is 0.780. The van der Waals surface area contributed by atoms with Crippen molar-refractivity contribution in [2.45, 2.75) is 0 Å². The van der Waals surface area contributed by atoms with Crippen LogP contribution in [0.15, 0.2) is 71.8 Å². The summed E-state index contributed by atoms with van der Waals surface area (Å²) in [6, 6.07) is 16.5. The van der Waals surface area contributed by atoms with Crippen molar-refractivity contribution in [3.63, 3.8) is 0 Å². The van der Waals surface area contributed by atoms with Crippen LogP contribution in [-0.4, -0.2) is 24.5 Å². The SMILES string of the molecule is Cn1cc2cc(-n3nc4cccnc4c(-c4ccc(Cl)cc4)c3=O)ccc2n1. The number of aromatic nitrogens is 5. The van der Waals surface area contributed by atoms with Gasteiger partial charge in [-0.2, -0.15) is 14.9 Å². The van der Waals surface area contributed by atoms with Crippen LogP contribution in [0.25, 0.3) is 38.8 Å². The van der Waals surface area contributed by atoms with Crippen molar-refractivity contribution < 1.29 is 0 Å². The molecule has 7 heteroatoms. The molecule has 136 valence electrons. The van der Waals surface area contributed by atoms with Crippen LogP contribution in [0.1, 0.15) is 0 Å². The number of benzene rings is 2. The summed E-state index contributed by atoms with van der Waals surface area (Å²) < 4.78 is 3.16. The molecular weight excluding hydrogens is 374 g/mol. The van der Waals surface area contributed by atoms with Crippen LogP contribution in [0.3, 0.4) is 0 Å². The van der Waals surface area contributed by atoms with Crippen molar-refractivity contribution in [3.8, 4) is 16.8 Å². The molecule has 0 radical (unpaired) electrons. The predicted octanol–water partition coefficient (Wildman–Crippen LogP) is 3.99. The van der Waals surface area contributed by atoms with E-state index in [-0.39, 0.29) is 5.56 Å². The van der Waals surface area contributed by atoms with Crippen LogP contribution >= 0.6 is 11.6 Å². The maximum Gasteiger partial charge on any atom is 0.281 e. The third-order valence-electron chi connectivity index (χ3n) is 4.62. The van der Waals surface area contributed by atoms with Crippen molar-refractivity contribution in [1.82, 2.24) is 24.5 Å². The lowest BCUT2D eigenvalue weighted by Crippen LogP contribution is -2.23. The second kappa shape index (κ2) is 6.28. The van der Waals surface area contributed by atoms with E-state index in [1.807, 2.05) is 49.6 Å². The van der Waals surface area contributed by atoms with Crippen LogP contribution < -0.4 is 5.56 Å². The zero-order valence-electron chi connectivity index (χ0n) is 14.9. The van der Waals surface area contributed by atoms with Gasteiger partial charge in [0, 0.05) is 29.9 Å². The summed E-state index contributed by atoms with van der Waals surface area (Å²) in [5, 5.41) is 10.5.